The fourth-order valence-electron chi connectivity index (χ4n) is 1.83. The lowest BCUT2D eigenvalue weighted by molar-refractivity contribution is 0.980. The molecule has 0 bridgehead atoms. The predicted molar refractivity (Wildman–Crippen MR) is 80.7 cm³/mol. The van der Waals surface area contributed by atoms with Crippen LogP contribution in [0.3, 0.4) is 0 Å². The van der Waals surface area contributed by atoms with Gasteiger partial charge in [-0.2, -0.15) is 0 Å². The molecular weight excluding hydrogens is 265 g/mol. The summed E-state index contributed by atoms with van der Waals surface area (Å²) in [5.74, 6) is 0. The summed E-state index contributed by atoms with van der Waals surface area (Å²) >= 11 is 12.1. The third-order valence-electron chi connectivity index (χ3n) is 2.68. The van der Waals surface area contributed by atoms with Crippen LogP contribution in [0, 0.1) is 0 Å². The number of hydrogen-bond donors (Lipinski definition) is 1. The predicted octanol–water partition coefficient (Wildman–Crippen LogP) is 5.48. The molecule has 0 atom stereocenters. The van der Waals surface area contributed by atoms with Gasteiger partial charge in [0.2, 0.25) is 0 Å². The van der Waals surface area contributed by atoms with Gasteiger partial charge < -0.3 is 5.32 Å². The molecule has 18 heavy (non-hydrogen) atoms. The van der Waals surface area contributed by atoms with Gasteiger partial charge in [0.1, 0.15) is 0 Å². The first-order valence-electron chi connectivity index (χ1n) is 6.00. The molecule has 0 saturated carbocycles. The zero-order valence-electron chi connectivity index (χ0n) is 10.2. The SMILES string of the molecule is CCCNc1cc(Cl)ccc1-c1cccc(Cl)c1. The molecule has 2 rings (SSSR count). The molecule has 0 radical (unpaired) electrons. The van der Waals surface area contributed by atoms with Crippen LogP contribution in [-0.2, 0) is 0 Å². The van der Waals surface area contributed by atoms with E-state index in [-0.39, 0.29) is 0 Å². The van der Waals surface area contributed by atoms with Crippen molar-refractivity contribution in [3.05, 3.63) is 52.5 Å². The molecule has 0 heterocycles. The minimum Gasteiger partial charge on any atom is -0.385 e. The van der Waals surface area contributed by atoms with Crippen molar-refractivity contribution in [3.63, 3.8) is 0 Å². The van der Waals surface area contributed by atoms with Crippen molar-refractivity contribution < 1.29 is 0 Å². The van der Waals surface area contributed by atoms with E-state index in [1.807, 2.05) is 42.5 Å². The molecule has 0 fully saturated rings. The fraction of sp³-hybridized carbons (Fsp3) is 0.200. The highest BCUT2D eigenvalue weighted by molar-refractivity contribution is 6.31. The van der Waals surface area contributed by atoms with Gasteiger partial charge >= 0.3 is 0 Å². The van der Waals surface area contributed by atoms with E-state index in [0.29, 0.717) is 0 Å². The molecule has 94 valence electrons. The van der Waals surface area contributed by atoms with Crippen molar-refractivity contribution in [3.8, 4) is 11.1 Å². The molecule has 0 spiro atoms. The molecule has 2 aromatic carbocycles. The molecule has 1 nitrogen and oxygen atoms in total. The summed E-state index contributed by atoms with van der Waals surface area (Å²) in [4.78, 5) is 0. The molecule has 0 amide bonds. The topological polar surface area (TPSA) is 12.0 Å². The highest BCUT2D eigenvalue weighted by atomic mass is 35.5. The monoisotopic (exact) mass is 279 g/mol. The van der Waals surface area contributed by atoms with Gasteiger partial charge in [-0.05, 0) is 36.2 Å². The molecular formula is C15H15Cl2N. The van der Waals surface area contributed by atoms with Crippen molar-refractivity contribution >= 4 is 28.9 Å². The Labute approximate surface area is 118 Å². The maximum atomic E-state index is 6.05. The Morgan fingerprint density at radius 3 is 2.50 bits per heavy atom. The average molecular weight is 280 g/mol. The molecule has 0 unspecified atom stereocenters. The zero-order chi connectivity index (χ0) is 13.0. The second kappa shape index (κ2) is 6.12. The summed E-state index contributed by atoms with van der Waals surface area (Å²) in [6, 6.07) is 13.7. The van der Waals surface area contributed by atoms with E-state index in [4.69, 9.17) is 23.2 Å². The lowest BCUT2D eigenvalue weighted by Crippen LogP contribution is -2.01. The quantitative estimate of drug-likeness (QED) is 0.781. The molecule has 0 aliphatic carbocycles. The number of hydrogen-bond acceptors (Lipinski definition) is 1. The van der Waals surface area contributed by atoms with Crippen molar-refractivity contribution in [1.29, 1.82) is 0 Å². The molecule has 0 aliphatic heterocycles. The van der Waals surface area contributed by atoms with Gasteiger partial charge in [-0.15, -0.1) is 0 Å². The second-order valence-electron chi connectivity index (χ2n) is 4.13. The van der Waals surface area contributed by atoms with Crippen LogP contribution in [0.1, 0.15) is 13.3 Å². The van der Waals surface area contributed by atoms with Gasteiger partial charge in [0.05, 0.1) is 0 Å². The Kier molecular flexibility index (Phi) is 4.51. The first kappa shape index (κ1) is 13.3. The number of anilines is 1. The van der Waals surface area contributed by atoms with Crippen LogP contribution in [-0.4, -0.2) is 6.54 Å². The molecule has 0 saturated heterocycles. The third-order valence-corrected chi connectivity index (χ3v) is 3.15. The van der Waals surface area contributed by atoms with Crippen LogP contribution in [0.5, 0.6) is 0 Å². The van der Waals surface area contributed by atoms with Crippen LogP contribution in [0.15, 0.2) is 42.5 Å². The van der Waals surface area contributed by atoms with Crippen LogP contribution in [0.4, 0.5) is 5.69 Å². The highest BCUT2D eigenvalue weighted by Crippen LogP contribution is 2.31. The van der Waals surface area contributed by atoms with E-state index >= 15 is 0 Å². The summed E-state index contributed by atoms with van der Waals surface area (Å²) in [6.07, 6.45) is 1.07. The minimum atomic E-state index is 0.736. The first-order chi connectivity index (χ1) is 8.70. The molecule has 2 aromatic rings. The van der Waals surface area contributed by atoms with E-state index in [9.17, 15) is 0 Å². The van der Waals surface area contributed by atoms with Gasteiger partial charge in [0.15, 0.2) is 0 Å². The minimum absolute atomic E-state index is 0.736. The smallest absolute Gasteiger partial charge is 0.0434 e. The van der Waals surface area contributed by atoms with Crippen LogP contribution in [0.25, 0.3) is 11.1 Å². The summed E-state index contributed by atoms with van der Waals surface area (Å²) in [5, 5.41) is 4.87. The lowest BCUT2D eigenvalue weighted by atomic mass is 10.0. The summed E-state index contributed by atoms with van der Waals surface area (Å²) < 4.78 is 0. The molecule has 3 heteroatoms. The maximum Gasteiger partial charge on any atom is 0.0434 e. The van der Waals surface area contributed by atoms with Gasteiger partial charge in [-0.25, -0.2) is 0 Å². The third kappa shape index (κ3) is 3.18. The van der Waals surface area contributed by atoms with E-state index in [1.165, 1.54) is 0 Å². The molecule has 1 N–H and O–H groups in total. The average Bonchev–Trinajstić information content (AvgIpc) is 2.36. The van der Waals surface area contributed by atoms with E-state index < -0.39 is 0 Å². The number of halogens is 2. The van der Waals surface area contributed by atoms with Gasteiger partial charge in [0, 0.05) is 27.8 Å². The van der Waals surface area contributed by atoms with Crippen LogP contribution in [0.2, 0.25) is 10.0 Å². The Hall–Kier alpha value is -1.18. The Morgan fingerprint density at radius 2 is 1.78 bits per heavy atom. The number of rotatable bonds is 4. The molecule has 0 aromatic heterocycles. The van der Waals surface area contributed by atoms with Crippen LogP contribution < -0.4 is 5.32 Å². The van der Waals surface area contributed by atoms with Crippen molar-refractivity contribution in [1.82, 2.24) is 0 Å². The maximum absolute atomic E-state index is 6.05. The standard InChI is InChI=1S/C15H15Cl2N/c1-2-8-18-15-10-13(17)6-7-14(15)11-4-3-5-12(16)9-11/h3-7,9-10,18H,2,8H2,1H3. The zero-order valence-corrected chi connectivity index (χ0v) is 11.7. The summed E-state index contributed by atoms with van der Waals surface area (Å²) in [5.41, 5.74) is 3.26. The largest absolute Gasteiger partial charge is 0.385 e. The van der Waals surface area contributed by atoms with E-state index in [0.717, 1.165) is 39.8 Å². The van der Waals surface area contributed by atoms with E-state index in [1.54, 1.807) is 0 Å². The fourth-order valence-corrected chi connectivity index (χ4v) is 2.19. The highest BCUT2D eigenvalue weighted by Gasteiger charge is 2.06. The Balaban J connectivity index is 2.42. The van der Waals surface area contributed by atoms with Crippen molar-refractivity contribution in [2.24, 2.45) is 0 Å². The second-order valence-corrected chi connectivity index (χ2v) is 5.00. The van der Waals surface area contributed by atoms with E-state index in [2.05, 4.69) is 12.2 Å². The lowest BCUT2D eigenvalue weighted by Gasteiger charge is -2.12. The van der Waals surface area contributed by atoms with Gasteiger partial charge in [-0.3, -0.25) is 0 Å². The van der Waals surface area contributed by atoms with Gasteiger partial charge in [-0.1, -0.05) is 48.3 Å². The van der Waals surface area contributed by atoms with Crippen molar-refractivity contribution in [2.45, 2.75) is 13.3 Å². The Morgan fingerprint density at radius 1 is 1.00 bits per heavy atom. The van der Waals surface area contributed by atoms with Crippen molar-refractivity contribution in [2.75, 3.05) is 11.9 Å². The van der Waals surface area contributed by atoms with Gasteiger partial charge in [0.25, 0.3) is 0 Å². The Bertz CT molecular complexity index is 538. The molecule has 0 aliphatic rings. The first-order valence-corrected chi connectivity index (χ1v) is 6.75. The van der Waals surface area contributed by atoms with Crippen LogP contribution >= 0.6 is 23.2 Å². The summed E-state index contributed by atoms with van der Waals surface area (Å²) in [6.45, 7) is 3.06. The number of benzene rings is 2. The number of nitrogens with one attached hydrogen (secondary N) is 1. The summed E-state index contributed by atoms with van der Waals surface area (Å²) in [7, 11) is 0. The normalized spacial score (nSPS) is 10.4.